The molecule has 1 aromatic rings. The van der Waals surface area contributed by atoms with Crippen molar-refractivity contribution in [1.82, 2.24) is 4.98 Å². The van der Waals surface area contributed by atoms with E-state index in [-0.39, 0.29) is 11.5 Å². The summed E-state index contributed by atoms with van der Waals surface area (Å²) < 4.78 is 13.3. The quantitative estimate of drug-likeness (QED) is 0.693. The maximum atomic E-state index is 13.3. The molecule has 0 bridgehead atoms. The van der Waals surface area contributed by atoms with E-state index in [4.69, 9.17) is 5.73 Å². The van der Waals surface area contributed by atoms with Crippen LogP contribution in [0.15, 0.2) is 12.3 Å². The molecule has 2 N–H and O–H groups in total. The molecule has 0 unspecified atom stereocenters. The Morgan fingerprint density at radius 2 is 2.25 bits per heavy atom. The first kappa shape index (κ1) is 7.53. The molecule has 1 aliphatic rings. The van der Waals surface area contributed by atoms with Crippen LogP contribution >= 0.6 is 0 Å². The topological polar surface area (TPSA) is 38.9 Å². The van der Waals surface area contributed by atoms with Gasteiger partial charge in [0.1, 0.15) is 0 Å². The Hall–Kier alpha value is -1.12. The van der Waals surface area contributed by atoms with Crippen molar-refractivity contribution in [1.29, 1.82) is 0 Å². The normalized spacial score (nSPS) is 17.4. The first-order valence-electron chi connectivity index (χ1n) is 4.19. The van der Waals surface area contributed by atoms with Gasteiger partial charge in [0.2, 0.25) is 0 Å². The molecule has 2 rings (SSSR count). The van der Waals surface area contributed by atoms with Crippen LogP contribution in [0, 0.1) is 5.82 Å². The minimum atomic E-state index is -0.317. The van der Waals surface area contributed by atoms with Crippen molar-refractivity contribution in [3.8, 4) is 0 Å². The zero-order valence-electron chi connectivity index (χ0n) is 6.76. The largest absolute Gasteiger partial charge is 0.396 e. The highest BCUT2D eigenvalue weighted by Crippen LogP contribution is 2.37. The number of nitrogens with zero attached hydrogens (tertiary/aromatic N) is 1. The van der Waals surface area contributed by atoms with Gasteiger partial charge in [-0.15, -0.1) is 0 Å². The van der Waals surface area contributed by atoms with Gasteiger partial charge in [-0.25, -0.2) is 4.39 Å². The third kappa shape index (κ3) is 1.05. The summed E-state index contributed by atoms with van der Waals surface area (Å²) in [4.78, 5) is 4.01. The van der Waals surface area contributed by atoms with Gasteiger partial charge in [-0.2, -0.15) is 0 Å². The van der Waals surface area contributed by atoms with E-state index in [0.717, 1.165) is 12.8 Å². The molecular formula is C9H11FN2. The Labute approximate surface area is 70.6 Å². The first-order valence-corrected chi connectivity index (χ1v) is 4.19. The second-order valence-corrected chi connectivity index (χ2v) is 3.23. The van der Waals surface area contributed by atoms with E-state index >= 15 is 0 Å². The molecule has 3 heteroatoms. The average molecular weight is 166 g/mol. The Bertz CT molecular complexity index is 295. The lowest BCUT2D eigenvalue weighted by molar-refractivity contribution is 0.394. The molecule has 1 aromatic heterocycles. The SMILES string of the molecule is Nc1ccnc(C2CCC2)c1F. The van der Waals surface area contributed by atoms with Gasteiger partial charge >= 0.3 is 0 Å². The van der Waals surface area contributed by atoms with Crippen molar-refractivity contribution in [3.63, 3.8) is 0 Å². The molecule has 1 aliphatic carbocycles. The summed E-state index contributed by atoms with van der Waals surface area (Å²) in [5.74, 6) is -0.00398. The fourth-order valence-electron chi connectivity index (χ4n) is 1.44. The summed E-state index contributed by atoms with van der Waals surface area (Å²) in [6, 6.07) is 1.50. The zero-order valence-corrected chi connectivity index (χ0v) is 6.76. The van der Waals surface area contributed by atoms with Crippen LogP contribution in [0.2, 0.25) is 0 Å². The summed E-state index contributed by atoms with van der Waals surface area (Å²) in [6.07, 6.45) is 4.85. The smallest absolute Gasteiger partial charge is 0.167 e. The minimum absolute atomic E-state index is 0.215. The number of hydrogen-bond donors (Lipinski definition) is 1. The molecule has 0 saturated heterocycles. The molecule has 1 fully saturated rings. The van der Waals surface area contributed by atoms with Crippen LogP contribution in [-0.4, -0.2) is 4.98 Å². The fourth-order valence-corrected chi connectivity index (χ4v) is 1.44. The van der Waals surface area contributed by atoms with Gasteiger partial charge in [0.25, 0.3) is 0 Å². The van der Waals surface area contributed by atoms with Crippen LogP contribution in [0.25, 0.3) is 0 Å². The van der Waals surface area contributed by atoms with Crippen molar-refractivity contribution in [2.45, 2.75) is 25.2 Å². The van der Waals surface area contributed by atoms with Gasteiger partial charge in [-0.05, 0) is 18.9 Å². The Morgan fingerprint density at radius 1 is 1.50 bits per heavy atom. The van der Waals surface area contributed by atoms with E-state index < -0.39 is 0 Å². The van der Waals surface area contributed by atoms with Crippen LogP contribution in [-0.2, 0) is 0 Å². The van der Waals surface area contributed by atoms with Crippen LogP contribution in [0.3, 0.4) is 0 Å². The summed E-state index contributed by atoms with van der Waals surface area (Å²) >= 11 is 0. The zero-order chi connectivity index (χ0) is 8.55. The van der Waals surface area contributed by atoms with Crippen molar-refractivity contribution in [2.75, 3.05) is 5.73 Å². The summed E-state index contributed by atoms with van der Waals surface area (Å²) in [5.41, 5.74) is 6.19. The number of hydrogen-bond acceptors (Lipinski definition) is 2. The Morgan fingerprint density at radius 3 is 2.83 bits per heavy atom. The Kier molecular flexibility index (Phi) is 1.71. The lowest BCUT2D eigenvalue weighted by Gasteiger charge is -2.25. The van der Waals surface area contributed by atoms with Gasteiger partial charge in [-0.1, -0.05) is 6.42 Å². The fraction of sp³-hybridized carbons (Fsp3) is 0.444. The molecule has 1 saturated carbocycles. The van der Waals surface area contributed by atoms with Gasteiger partial charge in [0.15, 0.2) is 5.82 Å². The molecule has 0 spiro atoms. The van der Waals surface area contributed by atoms with Crippen molar-refractivity contribution in [2.24, 2.45) is 0 Å². The summed E-state index contributed by atoms with van der Waals surface area (Å²) in [6.45, 7) is 0. The number of halogens is 1. The summed E-state index contributed by atoms with van der Waals surface area (Å²) in [5, 5.41) is 0. The maximum Gasteiger partial charge on any atom is 0.167 e. The van der Waals surface area contributed by atoms with Gasteiger partial charge in [-0.3, -0.25) is 4.98 Å². The first-order chi connectivity index (χ1) is 5.79. The van der Waals surface area contributed by atoms with E-state index in [1.54, 1.807) is 6.20 Å². The molecular weight excluding hydrogens is 155 g/mol. The lowest BCUT2D eigenvalue weighted by atomic mass is 9.82. The molecule has 0 atom stereocenters. The van der Waals surface area contributed by atoms with Crippen LogP contribution in [0.1, 0.15) is 30.9 Å². The van der Waals surface area contributed by atoms with E-state index in [2.05, 4.69) is 4.98 Å². The van der Waals surface area contributed by atoms with E-state index in [1.807, 2.05) is 0 Å². The van der Waals surface area contributed by atoms with Crippen molar-refractivity contribution < 1.29 is 4.39 Å². The lowest BCUT2D eigenvalue weighted by Crippen LogP contribution is -2.13. The highest BCUT2D eigenvalue weighted by Gasteiger charge is 2.24. The van der Waals surface area contributed by atoms with Gasteiger partial charge < -0.3 is 5.73 Å². The van der Waals surface area contributed by atoms with E-state index in [9.17, 15) is 4.39 Å². The minimum Gasteiger partial charge on any atom is -0.396 e. The molecule has 64 valence electrons. The molecule has 0 amide bonds. The maximum absolute atomic E-state index is 13.3. The number of pyridine rings is 1. The average Bonchev–Trinajstić information content (AvgIpc) is 1.95. The molecule has 1 heterocycles. The van der Waals surface area contributed by atoms with E-state index in [1.165, 1.54) is 12.5 Å². The number of nitrogen functional groups attached to an aromatic ring is 1. The Balaban J connectivity index is 2.36. The standard InChI is InChI=1S/C9H11FN2/c10-8-7(11)4-5-12-9(8)6-2-1-3-6/h4-6H,1-3H2,(H2,11,12). The van der Waals surface area contributed by atoms with Crippen molar-refractivity contribution >= 4 is 5.69 Å². The highest BCUT2D eigenvalue weighted by atomic mass is 19.1. The molecule has 0 aromatic carbocycles. The highest BCUT2D eigenvalue weighted by molar-refractivity contribution is 5.40. The predicted molar refractivity (Wildman–Crippen MR) is 45.2 cm³/mol. The monoisotopic (exact) mass is 166 g/mol. The second-order valence-electron chi connectivity index (χ2n) is 3.23. The number of rotatable bonds is 1. The third-order valence-corrected chi connectivity index (χ3v) is 2.44. The van der Waals surface area contributed by atoms with E-state index in [0.29, 0.717) is 11.6 Å². The molecule has 0 aliphatic heterocycles. The molecule has 0 radical (unpaired) electrons. The van der Waals surface area contributed by atoms with Crippen molar-refractivity contribution in [3.05, 3.63) is 23.8 Å². The number of nitrogens with two attached hydrogens (primary N) is 1. The predicted octanol–water partition coefficient (Wildman–Crippen LogP) is 2.07. The number of aromatic nitrogens is 1. The second kappa shape index (κ2) is 2.73. The van der Waals surface area contributed by atoms with Gasteiger partial charge in [0, 0.05) is 12.1 Å². The third-order valence-electron chi connectivity index (χ3n) is 2.44. The summed E-state index contributed by atoms with van der Waals surface area (Å²) in [7, 11) is 0. The molecule has 12 heavy (non-hydrogen) atoms. The van der Waals surface area contributed by atoms with Crippen LogP contribution in [0.4, 0.5) is 10.1 Å². The van der Waals surface area contributed by atoms with Crippen LogP contribution in [0.5, 0.6) is 0 Å². The number of anilines is 1. The van der Waals surface area contributed by atoms with Gasteiger partial charge in [0.05, 0.1) is 11.4 Å². The van der Waals surface area contributed by atoms with Crippen LogP contribution < -0.4 is 5.73 Å². The molecule has 2 nitrogen and oxygen atoms in total.